The number of anilines is 1. The van der Waals surface area contributed by atoms with Crippen molar-refractivity contribution in [2.24, 2.45) is 0 Å². The summed E-state index contributed by atoms with van der Waals surface area (Å²) in [6.45, 7) is 0. The van der Waals surface area contributed by atoms with Gasteiger partial charge in [0.25, 0.3) is 0 Å². The van der Waals surface area contributed by atoms with Crippen molar-refractivity contribution in [1.82, 2.24) is 4.90 Å². The molecule has 1 aromatic carbocycles. The first-order chi connectivity index (χ1) is 7.41. The fourth-order valence-corrected chi connectivity index (χ4v) is 3.09. The molecule has 88 valence electrons. The van der Waals surface area contributed by atoms with Gasteiger partial charge in [-0.25, -0.2) is 0 Å². The normalized spacial score (nSPS) is 12.2. The van der Waals surface area contributed by atoms with E-state index >= 15 is 0 Å². The van der Waals surface area contributed by atoms with Crippen molar-refractivity contribution in [3.8, 4) is 0 Å². The molecule has 0 aliphatic heterocycles. The Morgan fingerprint density at radius 1 is 1.50 bits per heavy atom. The zero-order valence-corrected chi connectivity index (χ0v) is 11.5. The van der Waals surface area contributed by atoms with Crippen LogP contribution in [0.25, 0.3) is 0 Å². The minimum absolute atomic E-state index is 0.0183. The molecule has 2 N–H and O–H groups in total. The average Bonchev–Trinajstić information content (AvgIpc) is 2.16. The Morgan fingerprint density at radius 3 is 2.62 bits per heavy atom. The van der Waals surface area contributed by atoms with E-state index < -0.39 is 10.8 Å². The van der Waals surface area contributed by atoms with Gasteiger partial charge in [0.05, 0.1) is 15.7 Å². The van der Waals surface area contributed by atoms with E-state index in [0.717, 1.165) is 0 Å². The molecule has 1 amide bonds. The fraction of sp³-hybridized carbons (Fsp3) is 0.300. The van der Waals surface area contributed by atoms with Crippen LogP contribution in [0, 0.1) is 0 Å². The number of nitrogens with two attached hydrogens (primary N) is 1. The number of halogens is 1. The molecule has 0 bridgehead atoms. The summed E-state index contributed by atoms with van der Waals surface area (Å²) in [5.41, 5.74) is 6.16. The molecule has 0 spiro atoms. The van der Waals surface area contributed by atoms with Gasteiger partial charge in [-0.1, -0.05) is 0 Å². The van der Waals surface area contributed by atoms with E-state index in [0.29, 0.717) is 15.1 Å². The lowest BCUT2D eigenvalue weighted by molar-refractivity contribution is -0.125. The van der Waals surface area contributed by atoms with Gasteiger partial charge in [0.15, 0.2) is 0 Å². The van der Waals surface area contributed by atoms with E-state index in [4.69, 9.17) is 5.73 Å². The highest BCUT2D eigenvalue weighted by Crippen LogP contribution is 2.23. The number of nitrogen functional groups attached to an aromatic ring is 1. The quantitative estimate of drug-likeness (QED) is 0.854. The maximum Gasteiger partial charge on any atom is 0.235 e. The fourth-order valence-electron chi connectivity index (χ4n) is 1.02. The lowest BCUT2D eigenvalue weighted by atomic mass is 10.3. The minimum Gasteiger partial charge on any atom is -0.399 e. The summed E-state index contributed by atoms with van der Waals surface area (Å²) in [7, 11) is 1.93. The SMILES string of the molecule is CN(C)C(=O)CS(=O)c1ccc(N)cc1Br. The monoisotopic (exact) mass is 304 g/mol. The van der Waals surface area contributed by atoms with Gasteiger partial charge in [0, 0.05) is 24.3 Å². The topological polar surface area (TPSA) is 63.4 Å². The highest BCUT2D eigenvalue weighted by atomic mass is 79.9. The third-order valence-corrected chi connectivity index (χ3v) is 4.23. The molecule has 1 rings (SSSR count). The summed E-state index contributed by atoms with van der Waals surface area (Å²) in [4.78, 5) is 13.4. The van der Waals surface area contributed by atoms with E-state index in [-0.39, 0.29) is 11.7 Å². The van der Waals surface area contributed by atoms with Crippen molar-refractivity contribution < 1.29 is 9.00 Å². The number of carbonyl (C=O) groups is 1. The Bertz CT molecular complexity index is 435. The van der Waals surface area contributed by atoms with E-state index in [1.165, 1.54) is 4.90 Å². The molecule has 0 aromatic heterocycles. The van der Waals surface area contributed by atoms with Crippen molar-refractivity contribution in [1.29, 1.82) is 0 Å². The van der Waals surface area contributed by atoms with Gasteiger partial charge < -0.3 is 10.6 Å². The van der Waals surface area contributed by atoms with Gasteiger partial charge in [-0.15, -0.1) is 0 Å². The molecule has 4 nitrogen and oxygen atoms in total. The van der Waals surface area contributed by atoms with Crippen molar-refractivity contribution in [2.45, 2.75) is 4.90 Å². The molecular weight excluding hydrogens is 292 g/mol. The summed E-state index contributed by atoms with van der Waals surface area (Å²) >= 11 is 3.28. The summed E-state index contributed by atoms with van der Waals surface area (Å²) in [6, 6.07) is 5.00. The van der Waals surface area contributed by atoms with Crippen LogP contribution in [0.15, 0.2) is 27.6 Å². The van der Waals surface area contributed by atoms with Gasteiger partial charge in [0.2, 0.25) is 5.91 Å². The van der Waals surface area contributed by atoms with Crippen LogP contribution in [-0.4, -0.2) is 34.9 Å². The lowest BCUT2D eigenvalue weighted by Gasteiger charge is -2.10. The Hall–Kier alpha value is -0.880. The number of rotatable bonds is 3. The zero-order valence-electron chi connectivity index (χ0n) is 9.07. The smallest absolute Gasteiger partial charge is 0.235 e. The maximum atomic E-state index is 11.9. The number of nitrogens with zero attached hydrogens (tertiary/aromatic N) is 1. The predicted octanol–water partition coefficient (Wildman–Crippen LogP) is 1.23. The van der Waals surface area contributed by atoms with E-state index in [2.05, 4.69) is 15.9 Å². The van der Waals surface area contributed by atoms with Crippen LogP contribution in [0.2, 0.25) is 0 Å². The number of carbonyl (C=O) groups excluding carboxylic acids is 1. The molecule has 6 heteroatoms. The molecule has 0 heterocycles. The molecule has 0 aliphatic rings. The number of hydrogen-bond donors (Lipinski definition) is 1. The largest absolute Gasteiger partial charge is 0.399 e. The van der Waals surface area contributed by atoms with Crippen LogP contribution < -0.4 is 5.73 Å². The summed E-state index contributed by atoms with van der Waals surface area (Å²) in [5, 5.41) is 0. The number of amides is 1. The Kier molecular flexibility index (Phi) is 4.49. The second-order valence-electron chi connectivity index (χ2n) is 3.47. The Balaban J connectivity index is 2.85. The highest BCUT2D eigenvalue weighted by Gasteiger charge is 2.14. The summed E-state index contributed by atoms with van der Waals surface area (Å²) in [6.07, 6.45) is 0. The van der Waals surface area contributed by atoms with Crippen LogP contribution in [0.1, 0.15) is 0 Å². The maximum absolute atomic E-state index is 11.9. The lowest BCUT2D eigenvalue weighted by Crippen LogP contribution is -2.27. The molecule has 16 heavy (non-hydrogen) atoms. The Labute approximate surface area is 105 Å². The van der Waals surface area contributed by atoms with Crippen molar-refractivity contribution in [3.05, 3.63) is 22.7 Å². The molecule has 1 atom stereocenters. The van der Waals surface area contributed by atoms with Gasteiger partial charge in [-0.2, -0.15) is 0 Å². The van der Waals surface area contributed by atoms with Crippen molar-refractivity contribution in [2.75, 3.05) is 25.6 Å². The van der Waals surface area contributed by atoms with Crippen molar-refractivity contribution >= 4 is 38.3 Å². The van der Waals surface area contributed by atoms with Crippen LogP contribution in [-0.2, 0) is 15.6 Å². The van der Waals surface area contributed by atoms with Gasteiger partial charge in [-0.3, -0.25) is 9.00 Å². The molecule has 0 saturated carbocycles. The second kappa shape index (κ2) is 5.45. The van der Waals surface area contributed by atoms with Crippen molar-refractivity contribution in [3.63, 3.8) is 0 Å². The van der Waals surface area contributed by atoms with Crippen LogP contribution >= 0.6 is 15.9 Å². The first-order valence-electron chi connectivity index (χ1n) is 4.55. The summed E-state index contributed by atoms with van der Waals surface area (Å²) < 4.78 is 12.5. The molecule has 0 saturated heterocycles. The zero-order chi connectivity index (χ0) is 12.3. The molecule has 0 aliphatic carbocycles. The average molecular weight is 305 g/mol. The standard InChI is InChI=1S/C10H13BrN2O2S/c1-13(2)10(14)6-16(15)9-4-3-7(12)5-8(9)11/h3-5H,6,12H2,1-2H3. The molecule has 0 radical (unpaired) electrons. The van der Waals surface area contributed by atoms with E-state index in [1.54, 1.807) is 32.3 Å². The Morgan fingerprint density at radius 2 is 2.12 bits per heavy atom. The third kappa shape index (κ3) is 3.31. The van der Waals surface area contributed by atoms with Crippen LogP contribution in [0.5, 0.6) is 0 Å². The molecule has 1 aromatic rings. The highest BCUT2D eigenvalue weighted by molar-refractivity contribution is 9.10. The number of benzene rings is 1. The predicted molar refractivity (Wildman–Crippen MR) is 68.5 cm³/mol. The van der Waals surface area contributed by atoms with Crippen LogP contribution in [0.4, 0.5) is 5.69 Å². The van der Waals surface area contributed by atoms with Gasteiger partial charge >= 0.3 is 0 Å². The third-order valence-electron chi connectivity index (χ3n) is 1.95. The van der Waals surface area contributed by atoms with Crippen LogP contribution in [0.3, 0.4) is 0 Å². The molecular formula is C10H13BrN2O2S. The van der Waals surface area contributed by atoms with Gasteiger partial charge in [-0.05, 0) is 34.1 Å². The number of hydrogen-bond acceptors (Lipinski definition) is 3. The second-order valence-corrected chi connectivity index (χ2v) is 5.74. The first kappa shape index (κ1) is 13.2. The molecule has 0 fully saturated rings. The first-order valence-corrected chi connectivity index (χ1v) is 6.66. The minimum atomic E-state index is -1.35. The van der Waals surface area contributed by atoms with E-state index in [9.17, 15) is 9.00 Å². The van der Waals surface area contributed by atoms with Gasteiger partial charge in [0.1, 0.15) is 5.75 Å². The van der Waals surface area contributed by atoms with E-state index in [1.807, 2.05) is 0 Å². The summed E-state index contributed by atoms with van der Waals surface area (Å²) in [5.74, 6) is -0.183. The molecule has 1 unspecified atom stereocenters.